The van der Waals surface area contributed by atoms with E-state index in [1.807, 2.05) is 18.2 Å². The summed E-state index contributed by atoms with van der Waals surface area (Å²) in [6.45, 7) is 0. The third kappa shape index (κ3) is 2.59. The summed E-state index contributed by atoms with van der Waals surface area (Å²) in [4.78, 5) is 11.4. The molecule has 0 saturated heterocycles. The van der Waals surface area contributed by atoms with Gasteiger partial charge in [0.05, 0.1) is 12.7 Å². The molecule has 1 aromatic heterocycles. The van der Waals surface area contributed by atoms with E-state index in [0.29, 0.717) is 5.75 Å². The molecule has 2 rings (SSSR count). The molecular formula is C11H9BrO3S. The van der Waals surface area contributed by atoms with Crippen molar-refractivity contribution >= 4 is 44.6 Å². The Labute approximate surface area is 105 Å². The quantitative estimate of drug-likeness (QED) is 0.874. The minimum Gasteiger partial charge on any atom is -0.481 e. The molecule has 0 aliphatic carbocycles. The van der Waals surface area contributed by atoms with Gasteiger partial charge in [-0.25, -0.2) is 0 Å². The van der Waals surface area contributed by atoms with Crippen molar-refractivity contribution < 1.29 is 14.3 Å². The molecule has 84 valence electrons. The Balaban J connectivity index is 2.16. The van der Waals surface area contributed by atoms with Crippen LogP contribution in [0.25, 0.3) is 11.0 Å². The molecule has 0 amide bonds. The van der Waals surface area contributed by atoms with Crippen LogP contribution in [0, 0.1) is 0 Å². The molecule has 0 radical (unpaired) electrons. The van der Waals surface area contributed by atoms with Crippen molar-refractivity contribution in [3.63, 3.8) is 0 Å². The lowest BCUT2D eigenvalue weighted by Crippen LogP contribution is -1.95. The third-order valence-electron chi connectivity index (χ3n) is 2.08. The lowest BCUT2D eigenvalue weighted by atomic mass is 10.3. The van der Waals surface area contributed by atoms with E-state index in [2.05, 4.69) is 15.9 Å². The van der Waals surface area contributed by atoms with E-state index in [1.54, 1.807) is 6.26 Å². The number of halogens is 1. The van der Waals surface area contributed by atoms with Gasteiger partial charge in [0.15, 0.2) is 0 Å². The van der Waals surface area contributed by atoms with Crippen LogP contribution in [0.15, 0.2) is 38.2 Å². The largest absolute Gasteiger partial charge is 0.481 e. The smallest absolute Gasteiger partial charge is 0.304 e. The fraction of sp³-hybridized carbons (Fsp3) is 0.182. The number of carbonyl (C=O) groups is 1. The first-order valence-electron chi connectivity index (χ1n) is 4.68. The maximum Gasteiger partial charge on any atom is 0.304 e. The number of aliphatic carboxylic acids is 1. The van der Waals surface area contributed by atoms with Crippen molar-refractivity contribution in [3.8, 4) is 0 Å². The van der Waals surface area contributed by atoms with E-state index in [1.165, 1.54) is 11.8 Å². The first-order valence-corrected chi connectivity index (χ1v) is 6.46. The highest BCUT2D eigenvalue weighted by molar-refractivity contribution is 9.10. The maximum absolute atomic E-state index is 10.4. The van der Waals surface area contributed by atoms with Gasteiger partial charge in [-0.15, -0.1) is 11.8 Å². The second kappa shape index (κ2) is 4.93. The van der Waals surface area contributed by atoms with Gasteiger partial charge in [-0.1, -0.05) is 0 Å². The molecule has 0 aliphatic rings. The number of hydrogen-bond acceptors (Lipinski definition) is 3. The number of carboxylic acids is 1. The number of benzene rings is 1. The summed E-state index contributed by atoms with van der Waals surface area (Å²) < 4.78 is 6.26. The Bertz CT molecular complexity index is 521. The summed E-state index contributed by atoms with van der Waals surface area (Å²) in [5.41, 5.74) is 0.820. The van der Waals surface area contributed by atoms with Gasteiger partial charge in [-0.3, -0.25) is 4.79 Å². The second-order valence-electron chi connectivity index (χ2n) is 3.23. The molecule has 2 aromatic rings. The minimum atomic E-state index is -0.775. The van der Waals surface area contributed by atoms with E-state index in [0.717, 1.165) is 20.3 Å². The van der Waals surface area contributed by atoms with Gasteiger partial charge in [0.2, 0.25) is 0 Å². The lowest BCUT2D eigenvalue weighted by molar-refractivity contribution is -0.136. The van der Waals surface area contributed by atoms with Crippen molar-refractivity contribution in [2.45, 2.75) is 11.3 Å². The number of carboxylic acid groups (broad SMARTS) is 1. The number of thioether (sulfide) groups is 1. The van der Waals surface area contributed by atoms with E-state index < -0.39 is 5.97 Å². The lowest BCUT2D eigenvalue weighted by Gasteiger charge is -2.02. The Kier molecular flexibility index (Phi) is 3.56. The standard InChI is InChI=1S/C11H9BrO3S/c12-8-5-7-1-3-15-9(7)6-10(8)16-4-2-11(13)14/h1,3,5-6H,2,4H2,(H,13,14). The van der Waals surface area contributed by atoms with Crippen LogP contribution in [0.4, 0.5) is 0 Å². The molecule has 0 atom stereocenters. The molecule has 0 bridgehead atoms. The number of hydrogen-bond donors (Lipinski definition) is 1. The van der Waals surface area contributed by atoms with Crippen LogP contribution >= 0.6 is 27.7 Å². The van der Waals surface area contributed by atoms with Gasteiger partial charge < -0.3 is 9.52 Å². The Morgan fingerprint density at radius 1 is 1.50 bits per heavy atom. The van der Waals surface area contributed by atoms with Gasteiger partial charge in [-0.2, -0.15) is 0 Å². The molecule has 0 fully saturated rings. The van der Waals surface area contributed by atoms with Crippen LogP contribution in [0.5, 0.6) is 0 Å². The molecule has 0 spiro atoms. The third-order valence-corrected chi connectivity index (χ3v) is 4.06. The Hall–Kier alpha value is -0.940. The highest BCUT2D eigenvalue weighted by Gasteiger charge is 2.06. The molecule has 0 aliphatic heterocycles. The first-order chi connectivity index (χ1) is 7.66. The molecule has 1 heterocycles. The first kappa shape index (κ1) is 11.5. The van der Waals surface area contributed by atoms with Crippen molar-refractivity contribution in [3.05, 3.63) is 28.9 Å². The Morgan fingerprint density at radius 2 is 2.31 bits per heavy atom. The van der Waals surface area contributed by atoms with Gasteiger partial charge in [0, 0.05) is 20.5 Å². The predicted octanol–water partition coefficient (Wildman–Crippen LogP) is 3.76. The van der Waals surface area contributed by atoms with Crippen LogP contribution in [0.2, 0.25) is 0 Å². The van der Waals surface area contributed by atoms with Gasteiger partial charge in [-0.05, 0) is 34.1 Å². The van der Waals surface area contributed by atoms with E-state index in [4.69, 9.17) is 9.52 Å². The van der Waals surface area contributed by atoms with Crippen LogP contribution in [-0.2, 0) is 4.79 Å². The number of furan rings is 1. The minimum absolute atomic E-state index is 0.160. The fourth-order valence-corrected chi connectivity index (χ4v) is 2.91. The monoisotopic (exact) mass is 300 g/mol. The molecule has 16 heavy (non-hydrogen) atoms. The van der Waals surface area contributed by atoms with E-state index in [9.17, 15) is 4.79 Å². The predicted molar refractivity (Wildman–Crippen MR) is 66.9 cm³/mol. The summed E-state index contributed by atoms with van der Waals surface area (Å²) in [6.07, 6.45) is 1.80. The molecule has 0 saturated carbocycles. The zero-order chi connectivity index (χ0) is 11.5. The molecule has 0 unspecified atom stereocenters. The average molecular weight is 301 g/mol. The number of rotatable bonds is 4. The fourth-order valence-electron chi connectivity index (χ4n) is 1.32. The van der Waals surface area contributed by atoms with Crippen LogP contribution in [0.3, 0.4) is 0 Å². The van der Waals surface area contributed by atoms with E-state index in [-0.39, 0.29) is 6.42 Å². The topological polar surface area (TPSA) is 50.4 Å². The number of fused-ring (bicyclic) bond motifs is 1. The highest BCUT2D eigenvalue weighted by Crippen LogP contribution is 2.32. The van der Waals surface area contributed by atoms with E-state index >= 15 is 0 Å². The normalized spacial score (nSPS) is 10.8. The van der Waals surface area contributed by atoms with Crippen molar-refractivity contribution in [1.82, 2.24) is 0 Å². The van der Waals surface area contributed by atoms with Crippen molar-refractivity contribution in [2.75, 3.05) is 5.75 Å². The average Bonchev–Trinajstić information content (AvgIpc) is 2.64. The molecule has 1 aromatic carbocycles. The van der Waals surface area contributed by atoms with Gasteiger partial charge in [0.1, 0.15) is 5.58 Å². The van der Waals surface area contributed by atoms with Crippen molar-refractivity contribution in [2.24, 2.45) is 0 Å². The Morgan fingerprint density at radius 3 is 3.06 bits per heavy atom. The molecule has 3 nitrogen and oxygen atoms in total. The highest BCUT2D eigenvalue weighted by atomic mass is 79.9. The zero-order valence-electron chi connectivity index (χ0n) is 8.27. The summed E-state index contributed by atoms with van der Waals surface area (Å²) >= 11 is 4.97. The second-order valence-corrected chi connectivity index (χ2v) is 5.22. The van der Waals surface area contributed by atoms with Crippen LogP contribution in [-0.4, -0.2) is 16.8 Å². The summed E-state index contributed by atoms with van der Waals surface area (Å²) in [6, 6.07) is 5.79. The van der Waals surface area contributed by atoms with Crippen LogP contribution < -0.4 is 0 Å². The van der Waals surface area contributed by atoms with Gasteiger partial charge >= 0.3 is 5.97 Å². The summed E-state index contributed by atoms with van der Waals surface area (Å²) in [5, 5.41) is 9.59. The molecule has 5 heteroatoms. The SMILES string of the molecule is O=C(O)CCSc1cc2occc2cc1Br. The zero-order valence-corrected chi connectivity index (χ0v) is 10.7. The molecule has 1 N–H and O–H groups in total. The summed E-state index contributed by atoms with van der Waals surface area (Å²) in [5.74, 6) is -0.220. The maximum atomic E-state index is 10.4. The van der Waals surface area contributed by atoms with Crippen LogP contribution in [0.1, 0.15) is 6.42 Å². The molecular weight excluding hydrogens is 292 g/mol. The summed E-state index contributed by atoms with van der Waals surface area (Å²) in [7, 11) is 0. The van der Waals surface area contributed by atoms with Crippen molar-refractivity contribution in [1.29, 1.82) is 0 Å². The van der Waals surface area contributed by atoms with Gasteiger partial charge in [0.25, 0.3) is 0 Å².